The molecular weight excluding hydrogens is 144 g/mol. The van der Waals surface area contributed by atoms with Crippen molar-refractivity contribution in [3.8, 4) is 12.3 Å². The number of rotatable bonds is 2. The molecule has 3 heteroatoms. The van der Waals surface area contributed by atoms with Crippen LogP contribution in [-0.4, -0.2) is 23.3 Å². The summed E-state index contributed by atoms with van der Waals surface area (Å²) in [5.41, 5.74) is -0.814. The van der Waals surface area contributed by atoms with Crippen LogP contribution >= 0.6 is 0 Å². The van der Waals surface area contributed by atoms with Crippen molar-refractivity contribution in [3.05, 3.63) is 0 Å². The Hall–Kier alpha value is -1.01. The van der Waals surface area contributed by atoms with Crippen molar-refractivity contribution in [1.29, 1.82) is 0 Å². The normalized spacial score (nSPS) is 29.6. The van der Waals surface area contributed by atoms with Crippen molar-refractivity contribution in [2.24, 2.45) is 0 Å². The molecule has 3 nitrogen and oxygen atoms in total. The molecule has 1 aliphatic heterocycles. The van der Waals surface area contributed by atoms with Crippen LogP contribution < -0.4 is 0 Å². The van der Waals surface area contributed by atoms with Crippen molar-refractivity contribution in [3.63, 3.8) is 0 Å². The highest BCUT2D eigenvalue weighted by molar-refractivity contribution is 5.73. The molecule has 0 amide bonds. The van der Waals surface area contributed by atoms with Gasteiger partial charge in [-0.05, 0) is 0 Å². The first kappa shape index (κ1) is 8.09. The molecule has 1 atom stereocenters. The van der Waals surface area contributed by atoms with E-state index in [0.717, 1.165) is 0 Å². The smallest absolute Gasteiger partial charge is 0.307 e. The van der Waals surface area contributed by atoms with Crippen molar-refractivity contribution < 1.29 is 14.6 Å². The Morgan fingerprint density at radius 2 is 2.55 bits per heavy atom. The molecule has 0 radical (unpaired) electrons. The summed E-state index contributed by atoms with van der Waals surface area (Å²) in [6, 6.07) is 0. The summed E-state index contributed by atoms with van der Waals surface area (Å²) in [6.45, 7) is -0.0442. The first-order valence-electron chi connectivity index (χ1n) is 3.53. The number of hydrogen-bond acceptors (Lipinski definition) is 3. The van der Waals surface area contributed by atoms with Gasteiger partial charge in [-0.1, -0.05) is 5.92 Å². The average molecular weight is 154 g/mol. The molecule has 0 aromatic rings. The van der Waals surface area contributed by atoms with Crippen LogP contribution in [0, 0.1) is 12.3 Å². The quantitative estimate of drug-likeness (QED) is 0.452. The molecule has 0 aliphatic carbocycles. The maximum atomic E-state index is 10.7. The Kier molecular flexibility index (Phi) is 2.16. The van der Waals surface area contributed by atoms with E-state index in [0.29, 0.717) is 19.3 Å². The van der Waals surface area contributed by atoms with Crippen LogP contribution in [0.2, 0.25) is 0 Å². The lowest BCUT2D eigenvalue weighted by atomic mass is 9.98. The molecule has 1 aliphatic rings. The van der Waals surface area contributed by atoms with Crippen LogP contribution in [-0.2, 0) is 9.53 Å². The van der Waals surface area contributed by atoms with E-state index in [9.17, 15) is 4.79 Å². The summed E-state index contributed by atoms with van der Waals surface area (Å²) >= 11 is 0. The standard InChI is InChI=1S/C8H10O3/c1-2-8(5-6-9)4-3-7(10)11-8/h1,9H,3-6H2/t8-/m0/s1. The van der Waals surface area contributed by atoms with Gasteiger partial charge in [-0.15, -0.1) is 6.42 Å². The van der Waals surface area contributed by atoms with Gasteiger partial charge in [0.15, 0.2) is 5.60 Å². The summed E-state index contributed by atoms with van der Waals surface area (Å²) in [7, 11) is 0. The van der Waals surface area contributed by atoms with Crippen molar-refractivity contribution >= 4 is 5.97 Å². The zero-order chi connectivity index (χ0) is 8.32. The maximum Gasteiger partial charge on any atom is 0.307 e. The van der Waals surface area contributed by atoms with Crippen LogP contribution in [0.4, 0.5) is 0 Å². The minimum Gasteiger partial charge on any atom is -0.446 e. The molecule has 0 unspecified atom stereocenters. The third kappa shape index (κ3) is 1.52. The Balaban J connectivity index is 2.64. The number of aliphatic hydroxyl groups is 1. The van der Waals surface area contributed by atoms with E-state index in [-0.39, 0.29) is 12.6 Å². The van der Waals surface area contributed by atoms with Gasteiger partial charge in [0, 0.05) is 19.4 Å². The van der Waals surface area contributed by atoms with Crippen LogP contribution in [0.1, 0.15) is 19.3 Å². The van der Waals surface area contributed by atoms with Crippen LogP contribution in [0.15, 0.2) is 0 Å². The molecule has 1 fully saturated rings. The summed E-state index contributed by atoms with van der Waals surface area (Å²) < 4.78 is 4.90. The van der Waals surface area contributed by atoms with E-state index in [2.05, 4.69) is 5.92 Å². The summed E-state index contributed by atoms with van der Waals surface area (Å²) in [6.07, 6.45) is 6.42. The second-order valence-corrected chi connectivity index (χ2v) is 2.59. The SMILES string of the molecule is C#C[C@@]1(CCO)CCC(=O)O1. The topological polar surface area (TPSA) is 46.5 Å². The minimum absolute atomic E-state index is 0.0442. The Morgan fingerprint density at radius 3 is 2.91 bits per heavy atom. The lowest BCUT2D eigenvalue weighted by Crippen LogP contribution is -2.27. The molecule has 1 saturated heterocycles. The molecular formula is C8H10O3. The molecule has 60 valence electrons. The number of carbonyl (C=O) groups excluding carboxylic acids is 1. The summed E-state index contributed by atoms with van der Waals surface area (Å²) in [5, 5.41) is 8.62. The highest BCUT2D eigenvalue weighted by Gasteiger charge is 2.37. The Labute approximate surface area is 65.4 Å². The Morgan fingerprint density at radius 1 is 1.82 bits per heavy atom. The molecule has 0 aromatic heterocycles. The van der Waals surface area contributed by atoms with E-state index in [4.69, 9.17) is 16.3 Å². The van der Waals surface area contributed by atoms with Gasteiger partial charge < -0.3 is 9.84 Å². The largest absolute Gasteiger partial charge is 0.446 e. The average Bonchev–Trinajstić information content (AvgIpc) is 2.34. The van der Waals surface area contributed by atoms with Gasteiger partial charge >= 0.3 is 5.97 Å². The summed E-state index contributed by atoms with van der Waals surface area (Å²) in [5.74, 6) is 2.14. The molecule has 1 N–H and O–H groups in total. The van der Waals surface area contributed by atoms with Crippen molar-refractivity contribution in [2.45, 2.75) is 24.9 Å². The molecule has 0 aromatic carbocycles. The van der Waals surface area contributed by atoms with E-state index >= 15 is 0 Å². The first-order valence-corrected chi connectivity index (χ1v) is 3.53. The number of carbonyl (C=O) groups is 1. The highest BCUT2D eigenvalue weighted by atomic mass is 16.6. The van der Waals surface area contributed by atoms with E-state index in [1.165, 1.54) is 0 Å². The molecule has 0 spiro atoms. The predicted octanol–water partition coefficient (Wildman–Crippen LogP) is 0.0778. The van der Waals surface area contributed by atoms with E-state index in [1.54, 1.807) is 0 Å². The van der Waals surface area contributed by atoms with Crippen LogP contribution in [0.5, 0.6) is 0 Å². The fourth-order valence-corrected chi connectivity index (χ4v) is 1.15. The van der Waals surface area contributed by atoms with Crippen LogP contribution in [0.25, 0.3) is 0 Å². The third-order valence-corrected chi connectivity index (χ3v) is 1.82. The first-order chi connectivity index (χ1) is 5.22. The number of aliphatic hydroxyl groups excluding tert-OH is 1. The molecule has 0 bridgehead atoms. The fourth-order valence-electron chi connectivity index (χ4n) is 1.15. The monoisotopic (exact) mass is 154 g/mol. The van der Waals surface area contributed by atoms with Gasteiger partial charge in [0.1, 0.15) is 0 Å². The predicted molar refractivity (Wildman–Crippen MR) is 38.6 cm³/mol. The minimum atomic E-state index is -0.814. The van der Waals surface area contributed by atoms with Crippen molar-refractivity contribution in [1.82, 2.24) is 0 Å². The Bertz CT molecular complexity index is 204. The maximum absolute atomic E-state index is 10.7. The second kappa shape index (κ2) is 2.93. The second-order valence-electron chi connectivity index (χ2n) is 2.59. The van der Waals surface area contributed by atoms with E-state index in [1.807, 2.05) is 0 Å². The van der Waals surface area contributed by atoms with Gasteiger partial charge in [0.2, 0.25) is 0 Å². The van der Waals surface area contributed by atoms with Gasteiger partial charge in [-0.25, -0.2) is 0 Å². The highest BCUT2D eigenvalue weighted by Crippen LogP contribution is 2.28. The number of ether oxygens (including phenoxy) is 1. The van der Waals surface area contributed by atoms with E-state index < -0.39 is 5.60 Å². The van der Waals surface area contributed by atoms with Crippen molar-refractivity contribution in [2.75, 3.05) is 6.61 Å². The fraction of sp³-hybridized carbons (Fsp3) is 0.625. The molecule has 11 heavy (non-hydrogen) atoms. The molecule has 1 heterocycles. The van der Waals surface area contributed by atoms with Gasteiger partial charge in [0.05, 0.1) is 6.42 Å². The van der Waals surface area contributed by atoms with Gasteiger partial charge in [0.25, 0.3) is 0 Å². The van der Waals surface area contributed by atoms with Crippen LogP contribution in [0.3, 0.4) is 0 Å². The number of cyclic esters (lactones) is 1. The molecule has 0 saturated carbocycles. The number of esters is 1. The lowest BCUT2D eigenvalue weighted by Gasteiger charge is -2.19. The zero-order valence-corrected chi connectivity index (χ0v) is 6.17. The summed E-state index contributed by atoms with van der Waals surface area (Å²) in [4.78, 5) is 10.7. The van der Waals surface area contributed by atoms with Gasteiger partial charge in [-0.2, -0.15) is 0 Å². The zero-order valence-electron chi connectivity index (χ0n) is 6.17. The van der Waals surface area contributed by atoms with Gasteiger partial charge in [-0.3, -0.25) is 4.79 Å². The third-order valence-electron chi connectivity index (χ3n) is 1.82. The lowest BCUT2D eigenvalue weighted by molar-refractivity contribution is -0.145. The molecule has 1 rings (SSSR count). The number of terminal acetylenes is 1. The number of hydrogen-bond donors (Lipinski definition) is 1.